The van der Waals surface area contributed by atoms with E-state index in [1.54, 1.807) is 6.08 Å². The molecular formula is C19H29N3O2. The van der Waals surface area contributed by atoms with E-state index in [0.29, 0.717) is 19.0 Å². The molecule has 1 aromatic heterocycles. The van der Waals surface area contributed by atoms with Gasteiger partial charge in [0.05, 0.1) is 17.4 Å². The number of carboxylic acids is 1. The minimum absolute atomic E-state index is 0.542. The molecule has 5 heteroatoms. The molecule has 0 bridgehead atoms. The number of aliphatic carboxylic acids is 1. The quantitative estimate of drug-likeness (QED) is 0.809. The molecule has 1 aliphatic carbocycles. The number of piperidine rings is 1. The molecule has 1 aromatic rings. The van der Waals surface area contributed by atoms with Gasteiger partial charge in [-0.05, 0) is 38.6 Å². The number of likely N-dealkylation sites (tertiary alicyclic amines) is 1. The third kappa shape index (κ3) is 3.56. The summed E-state index contributed by atoms with van der Waals surface area (Å²) in [5, 5.41) is 9.73. The maximum atomic E-state index is 11.8. The Kier molecular flexibility index (Phi) is 5.39. The number of imidazole rings is 1. The van der Waals surface area contributed by atoms with Gasteiger partial charge in [-0.3, -0.25) is 9.69 Å². The number of allylic oxidation sites excluding steroid dienone is 1. The van der Waals surface area contributed by atoms with Gasteiger partial charge in [0.2, 0.25) is 0 Å². The maximum absolute atomic E-state index is 11.8. The van der Waals surface area contributed by atoms with Crippen molar-refractivity contribution in [2.45, 2.75) is 64.0 Å². The normalized spacial score (nSPS) is 26.3. The lowest BCUT2D eigenvalue weighted by molar-refractivity contribution is -0.152. The Morgan fingerprint density at radius 3 is 2.88 bits per heavy atom. The Bertz CT molecular complexity index is 577. The van der Waals surface area contributed by atoms with Crippen LogP contribution in [0.1, 0.15) is 63.1 Å². The number of hydrogen-bond acceptors (Lipinski definition) is 3. The molecule has 5 nitrogen and oxygen atoms in total. The Morgan fingerprint density at radius 2 is 2.17 bits per heavy atom. The molecule has 24 heavy (non-hydrogen) atoms. The Hall–Kier alpha value is -1.62. The minimum Gasteiger partial charge on any atom is -0.481 e. The van der Waals surface area contributed by atoms with Crippen molar-refractivity contribution >= 4 is 5.97 Å². The lowest BCUT2D eigenvalue weighted by Crippen LogP contribution is -2.47. The summed E-state index contributed by atoms with van der Waals surface area (Å²) in [5.74, 6) is -0.687. The average molecular weight is 331 g/mol. The molecule has 2 heterocycles. The van der Waals surface area contributed by atoms with Crippen LogP contribution in [0.2, 0.25) is 0 Å². The first-order chi connectivity index (χ1) is 11.6. The minimum atomic E-state index is -0.687. The van der Waals surface area contributed by atoms with Crippen LogP contribution in [0.25, 0.3) is 0 Å². The Balaban J connectivity index is 1.71. The number of carboxylic acid groups (broad SMARTS) is 1. The van der Waals surface area contributed by atoms with E-state index in [0.717, 1.165) is 25.9 Å². The zero-order valence-electron chi connectivity index (χ0n) is 14.5. The number of nitrogens with zero attached hydrogens (tertiary/aromatic N) is 3. The Labute approximate surface area is 144 Å². The fraction of sp³-hybridized carbons (Fsp3) is 0.684. The smallest absolute Gasteiger partial charge is 0.311 e. The first-order valence-electron chi connectivity index (χ1n) is 9.22. The first-order valence-corrected chi connectivity index (χ1v) is 9.22. The van der Waals surface area contributed by atoms with Crippen LogP contribution < -0.4 is 0 Å². The summed E-state index contributed by atoms with van der Waals surface area (Å²) in [6.07, 6.45) is 14.3. The predicted molar refractivity (Wildman–Crippen MR) is 93.7 cm³/mol. The van der Waals surface area contributed by atoms with E-state index in [2.05, 4.69) is 21.0 Å². The van der Waals surface area contributed by atoms with Crippen molar-refractivity contribution in [3.63, 3.8) is 0 Å². The highest BCUT2D eigenvalue weighted by Gasteiger charge is 2.41. The van der Waals surface area contributed by atoms with Crippen LogP contribution in [-0.4, -0.2) is 38.6 Å². The molecule has 1 saturated heterocycles. The van der Waals surface area contributed by atoms with Crippen LogP contribution in [0.3, 0.4) is 0 Å². The van der Waals surface area contributed by atoms with Crippen molar-refractivity contribution in [2.75, 3.05) is 13.1 Å². The number of carbonyl (C=O) groups is 1. The topological polar surface area (TPSA) is 58.4 Å². The maximum Gasteiger partial charge on any atom is 0.311 e. The molecule has 1 N–H and O–H groups in total. The van der Waals surface area contributed by atoms with Crippen molar-refractivity contribution in [1.82, 2.24) is 14.5 Å². The van der Waals surface area contributed by atoms with Gasteiger partial charge in [0.1, 0.15) is 0 Å². The van der Waals surface area contributed by atoms with Gasteiger partial charge in [0.15, 0.2) is 0 Å². The van der Waals surface area contributed by atoms with E-state index in [-0.39, 0.29) is 0 Å². The highest BCUT2D eigenvalue weighted by Crippen LogP contribution is 2.35. The SMILES string of the molecule is C=CC[C@@]1(C(=O)O)CCCN(Cc2cncn2C2CCCCC2)C1. The lowest BCUT2D eigenvalue weighted by atomic mass is 9.77. The molecule has 132 valence electrons. The lowest BCUT2D eigenvalue weighted by Gasteiger charge is -2.39. The summed E-state index contributed by atoms with van der Waals surface area (Å²) >= 11 is 0. The molecule has 0 radical (unpaired) electrons. The Morgan fingerprint density at radius 1 is 1.38 bits per heavy atom. The van der Waals surface area contributed by atoms with Crippen LogP contribution in [0, 0.1) is 5.41 Å². The van der Waals surface area contributed by atoms with E-state index < -0.39 is 11.4 Å². The standard InChI is InChI=1S/C19H29N3O2/c1-2-9-19(18(23)24)10-6-11-21(14-19)13-17-12-20-15-22(17)16-7-4-3-5-8-16/h2,12,15-16H,1,3-11,13-14H2,(H,23,24)/t19-/m1/s1. The van der Waals surface area contributed by atoms with Crippen molar-refractivity contribution in [3.05, 3.63) is 30.9 Å². The van der Waals surface area contributed by atoms with E-state index in [4.69, 9.17) is 0 Å². The fourth-order valence-corrected chi connectivity index (χ4v) is 4.44. The molecule has 0 amide bonds. The summed E-state index contributed by atoms with van der Waals surface area (Å²) in [4.78, 5) is 18.5. The molecule has 1 atom stereocenters. The molecule has 2 fully saturated rings. The highest BCUT2D eigenvalue weighted by molar-refractivity contribution is 5.75. The van der Waals surface area contributed by atoms with Crippen molar-refractivity contribution < 1.29 is 9.90 Å². The molecule has 2 aliphatic rings. The number of hydrogen-bond donors (Lipinski definition) is 1. The van der Waals surface area contributed by atoms with Crippen molar-refractivity contribution in [2.24, 2.45) is 5.41 Å². The van der Waals surface area contributed by atoms with Gasteiger partial charge < -0.3 is 9.67 Å². The summed E-state index contributed by atoms with van der Waals surface area (Å²) in [6.45, 7) is 6.12. The van der Waals surface area contributed by atoms with Crippen molar-refractivity contribution in [1.29, 1.82) is 0 Å². The number of rotatable bonds is 6. The van der Waals surface area contributed by atoms with Crippen molar-refractivity contribution in [3.8, 4) is 0 Å². The van der Waals surface area contributed by atoms with Gasteiger partial charge in [-0.1, -0.05) is 25.3 Å². The molecule has 0 aromatic carbocycles. The van der Waals surface area contributed by atoms with Gasteiger partial charge in [0, 0.05) is 25.3 Å². The molecule has 0 spiro atoms. The molecule has 1 aliphatic heterocycles. The van der Waals surface area contributed by atoms with E-state index in [1.807, 2.05) is 12.5 Å². The number of aromatic nitrogens is 2. The summed E-state index contributed by atoms with van der Waals surface area (Å²) in [7, 11) is 0. The second-order valence-corrected chi connectivity index (χ2v) is 7.48. The molecule has 3 rings (SSSR count). The largest absolute Gasteiger partial charge is 0.481 e. The third-order valence-electron chi connectivity index (χ3n) is 5.74. The zero-order chi connectivity index (χ0) is 17.0. The van der Waals surface area contributed by atoms with E-state index in [9.17, 15) is 9.90 Å². The van der Waals surface area contributed by atoms with E-state index in [1.165, 1.54) is 37.8 Å². The van der Waals surface area contributed by atoms with Crippen LogP contribution in [0.5, 0.6) is 0 Å². The van der Waals surface area contributed by atoms with E-state index >= 15 is 0 Å². The monoisotopic (exact) mass is 331 g/mol. The highest BCUT2D eigenvalue weighted by atomic mass is 16.4. The fourth-order valence-electron chi connectivity index (χ4n) is 4.44. The first kappa shape index (κ1) is 17.2. The van der Waals surface area contributed by atoms with Gasteiger partial charge in [0.25, 0.3) is 0 Å². The summed E-state index contributed by atoms with van der Waals surface area (Å²) in [6, 6.07) is 0.568. The summed E-state index contributed by atoms with van der Waals surface area (Å²) < 4.78 is 2.34. The van der Waals surface area contributed by atoms with Crippen LogP contribution in [-0.2, 0) is 11.3 Å². The van der Waals surface area contributed by atoms with Crippen LogP contribution >= 0.6 is 0 Å². The third-order valence-corrected chi connectivity index (χ3v) is 5.74. The second kappa shape index (κ2) is 7.51. The average Bonchev–Trinajstić information content (AvgIpc) is 3.04. The predicted octanol–water partition coefficient (Wildman–Crippen LogP) is 3.63. The van der Waals surface area contributed by atoms with Gasteiger partial charge in [-0.15, -0.1) is 6.58 Å². The zero-order valence-corrected chi connectivity index (χ0v) is 14.5. The van der Waals surface area contributed by atoms with Gasteiger partial charge in [-0.2, -0.15) is 0 Å². The van der Waals surface area contributed by atoms with Gasteiger partial charge in [-0.25, -0.2) is 4.98 Å². The summed E-state index contributed by atoms with van der Waals surface area (Å²) in [5.41, 5.74) is 0.553. The second-order valence-electron chi connectivity index (χ2n) is 7.48. The molecular weight excluding hydrogens is 302 g/mol. The molecule has 1 saturated carbocycles. The van der Waals surface area contributed by atoms with Crippen LogP contribution in [0.4, 0.5) is 0 Å². The van der Waals surface area contributed by atoms with Crippen LogP contribution in [0.15, 0.2) is 25.2 Å². The van der Waals surface area contributed by atoms with Gasteiger partial charge >= 0.3 is 5.97 Å². The molecule has 0 unspecified atom stereocenters.